The summed E-state index contributed by atoms with van der Waals surface area (Å²) < 4.78 is 4.89. The standard InChI is InChI=1S/C50H45N3/c1-49(2,3)34-30-35(50(4,5)6)32-39(31-34)53-44-25-16-14-23-42(44)48-45(26-17-27-46(48)53)51(36-18-9-7-10-19-36)38-28-29-41-40-22-13-15-24-43(40)52(47(41)33-38)37-20-11-8-12-21-37/h7-33H,1-6H3. The van der Waals surface area contributed by atoms with Crippen molar-refractivity contribution in [1.82, 2.24) is 9.13 Å². The number of rotatable bonds is 5. The van der Waals surface area contributed by atoms with Crippen molar-refractivity contribution in [3.05, 3.63) is 175 Å². The zero-order chi connectivity index (χ0) is 36.5. The summed E-state index contributed by atoms with van der Waals surface area (Å²) in [4.78, 5) is 2.44. The lowest BCUT2D eigenvalue weighted by Gasteiger charge is -2.27. The van der Waals surface area contributed by atoms with E-state index in [1.165, 1.54) is 60.4 Å². The van der Waals surface area contributed by atoms with Crippen LogP contribution in [0.1, 0.15) is 52.7 Å². The maximum Gasteiger partial charge on any atom is 0.0562 e. The number of hydrogen-bond donors (Lipinski definition) is 0. The summed E-state index contributed by atoms with van der Waals surface area (Å²) in [5.41, 5.74) is 13.2. The van der Waals surface area contributed by atoms with E-state index < -0.39 is 0 Å². The number of hydrogen-bond acceptors (Lipinski definition) is 1. The van der Waals surface area contributed by atoms with E-state index in [0.717, 1.165) is 22.7 Å². The molecule has 0 saturated heterocycles. The summed E-state index contributed by atoms with van der Waals surface area (Å²) in [6, 6.07) is 60.1. The van der Waals surface area contributed by atoms with Gasteiger partial charge < -0.3 is 14.0 Å². The molecule has 0 aliphatic heterocycles. The fourth-order valence-corrected chi connectivity index (χ4v) is 8.03. The Labute approximate surface area is 312 Å². The summed E-state index contributed by atoms with van der Waals surface area (Å²) in [6.45, 7) is 13.9. The number of fused-ring (bicyclic) bond motifs is 6. The third kappa shape index (κ3) is 5.50. The van der Waals surface area contributed by atoms with Crippen LogP contribution >= 0.6 is 0 Å². The first-order chi connectivity index (χ1) is 25.6. The van der Waals surface area contributed by atoms with Crippen LogP contribution in [0.5, 0.6) is 0 Å². The van der Waals surface area contributed by atoms with Gasteiger partial charge in [-0.05, 0) is 94.8 Å². The van der Waals surface area contributed by atoms with E-state index in [9.17, 15) is 0 Å². The fourth-order valence-electron chi connectivity index (χ4n) is 8.03. The molecule has 3 heteroatoms. The molecule has 260 valence electrons. The van der Waals surface area contributed by atoms with Gasteiger partial charge in [0, 0.05) is 44.3 Å². The first kappa shape index (κ1) is 32.8. The molecular formula is C50H45N3. The van der Waals surface area contributed by atoms with Crippen molar-refractivity contribution in [2.45, 2.75) is 52.4 Å². The monoisotopic (exact) mass is 687 g/mol. The van der Waals surface area contributed by atoms with Crippen LogP contribution in [0.2, 0.25) is 0 Å². The zero-order valence-corrected chi connectivity index (χ0v) is 31.4. The lowest BCUT2D eigenvalue weighted by atomic mass is 9.80. The van der Waals surface area contributed by atoms with Crippen LogP contribution in [0.25, 0.3) is 55.0 Å². The van der Waals surface area contributed by atoms with Crippen LogP contribution in [-0.2, 0) is 10.8 Å². The molecule has 0 spiro atoms. The Morgan fingerprint density at radius 1 is 0.377 bits per heavy atom. The highest BCUT2D eigenvalue weighted by atomic mass is 15.2. The second kappa shape index (κ2) is 12.3. The van der Waals surface area contributed by atoms with Gasteiger partial charge in [0.25, 0.3) is 0 Å². The molecule has 0 saturated carbocycles. The summed E-state index contributed by atoms with van der Waals surface area (Å²) in [7, 11) is 0. The topological polar surface area (TPSA) is 13.1 Å². The predicted molar refractivity (Wildman–Crippen MR) is 227 cm³/mol. The van der Waals surface area contributed by atoms with Crippen molar-refractivity contribution < 1.29 is 0 Å². The van der Waals surface area contributed by atoms with Crippen LogP contribution in [0.3, 0.4) is 0 Å². The molecule has 9 rings (SSSR count). The molecule has 0 aliphatic rings. The van der Waals surface area contributed by atoms with Crippen molar-refractivity contribution in [3.63, 3.8) is 0 Å². The van der Waals surface area contributed by atoms with Crippen molar-refractivity contribution in [2.75, 3.05) is 4.90 Å². The van der Waals surface area contributed by atoms with Crippen LogP contribution in [0.4, 0.5) is 17.1 Å². The maximum absolute atomic E-state index is 2.48. The minimum Gasteiger partial charge on any atom is -0.310 e. The lowest BCUT2D eigenvalue weighted by molar-refractivity contribution is 0.568. The Hall–Kier alpha value is -6.06. The van der Waals surface area contributed by atoms with Gasteiger partial charge in [0.15, 0.2) is 0 Å². The molecule has 0 aliphatic carbocycles. The van der Waals surface area contributed by atoms with E-state index in [2.05, 4.69) is 219 Å². The van der Waals surface area contributed by atoms with E-state index in [4.69, 9.17) is 0 Å². The highest BCUT2D eigenvalue weighted by Crippen LogP contribution is 2.45. The van der Waals surface area contributed by atoms with E-state index in [-0.39, 0.29) is 10.8 Å². The average molecular weight is 688 g/mol. The quantitative estimate of drug-likeness (QED) is 0.176. The van der Waals surface area contributed by atoms with Gasteiger partial charge in [0.2, 0.25) is 0 Å². The van der Waals surface area contributed by atoms with Gasteiger partial charge in [0.05, 0.1) is 27.8 Å². The SMILES string of the molecule is CC(C)(C)c1cc(-n2c3ccccc3c3c(N(c4ccccc4)c4ccc5c6ccccc6n(-c6ccccc6)c5c4)cccc32)cc(C(C)(C)C)c1. The number of nitrogens with zero attached hydrogens (tertiary/aromatic N) is 3. The zero-order valence-electron chi connectivity index (χ0n) is 31.4. The van der Waals surface area contributed by atoms with E-state index in [1.54, 1.807) is 0 Å². The molecule has 0 radical (unpaired) electrons. The second-order valence-corrected chi connectivity index (χ2v) is 16.4. The van der Waals surface area contributed by atoms with Crippen LogP contribution < -0.4 is 4.90 Å². The van der Waals surface area contributed by atoms with Gasteiger partial charge in [-0.2, -0.15) is 0 Å². The smallest absolute Gasteiger partial charge is 0.0562 e. The van der Waals surface area contributed by atoms with Gasteiger partial charge in [-0.15, -0.1) is 0 Å². The molecule has 0 amide bonds. The number of aromatic nitrogens is 2. The maximum atomic E-state index is 2.48. The summed E-state index contributed by atoms with van der Waals surface area (Å²) >= 11 is 0. The van der Waals surface area contributed by atoms with Crippen molar-refractivity contribution in [2.24, 2.45) is 0 Å². The molecule has 2 heterocycles. The van der Waals surface area contributed by atoms with Crippen molar-refractivity contribution in [3.8, 4) is 11.4 Å². The lowest BCUT2D eigenvalue weighted by Crippen LogP contribution is -2.17. The van der Waals surface area contributed by atoms with Gasteiger partial charge >= 0.3 is 0 Å². The van der Waals surface area contributed by atoms with Crippen LogP contribution in [0, 0.1) is 0 Å². The van der Waals surface area contributed by atoms with Gasteiger partial charge in [-0.25, -0.2) is 0 Å². The molecule has 0 atom stereocenters. The van der Waals surface area contributed by atoms with E-state index >= 15 is 0 Å². The minimum absolute atomic E-state index is 0.00486. The molecule has 7 aromatic carbocycles. The molecule has 0 bridgehead atoms. The molecule has 3 nitrogen and oxygen atoms in total. The Bertz CT molecular complexity index is 2760. The number of anilines is 3. The second-order valence-electron chi connectivity index (χ2n) is 16.4. The summed E-state index contributed by atoms with van der Waals surface area (Å²) in [5.74, 6) is 0. The number of benzene rings is 7. The van der Waals surface area contributed by atoms with E-state index in [1.807, 2.05) is 0 Å². The molecule has 53 heavy (non-hydrogen) atoms. The van der Waals surface area contributed by atoms with Crippen molar-refractivity contribution >= 4 is 60.7 Å². The molecule has 0 fully saturated rings. The molecular weight excluding hydrogens is 643 g/mol. The van der Waals surface area contributed by atoms with Crippen LogP contribution in [0.15, 0.2) is 164 Å². The largest absolute Gasteiger partial charge is 0.310 e. The minimum atomic E-state index is 0.00486. The summed E-state index contributed by atoms with van der Waals surface area (Å²) in [6.07, 6.45) is 0. The predicted octanol–water partition coefficient (Wildman–Crippen LogP) is 13.9. The van der Waals surface area contributed by atoms with Crippen molar-refractivity contribution in [1.29, 1.82) is 0 Å². The Balaban J connectivity index is 1.35. The fraction of sp³-hybridized carbons (Fsp3) is 0.160. The average Bonchev–Trinajstić information content (AvgIpc) is 3.68. The molecule has 9 aromatic rings. The first-order valence-electron chi connectivity index (χ1n) is 18.7. The van der Waals surface area contributed by atoms with Crippen LogP contribution in [-0.4, -0.2) is 9.13 Å². The Kier molecular flexibility index (Phi) is 7.60. The highest BCUT2D eigenvalue weighted by Gasteiger charge is 2.25. The summed E-state index contributed by atoms with van der Waals surface area (Å²) in [5, 5.41) is 4.96. The first-order valence-corrected chi connectivity index (χ1v) is 18.7. The molecule has 0 N–H and O–H groups in total. The van der Waals surface area contributed by atoms with Gasteiger partial charge in [0.1, 0.15) is 0 Å². The third-order valence-corrected chi connectivity index (χ3v) is 10.8. The van der Waals surface area contributed by atoms with Gasteiger partial charge in [-0.1, -0.05) is 133 Å². The third-order valence-electron chi connectivity index (χ3n) is 10.8. The Morgan fingerprint density at radius 3 is 1.57 bits per heavy atom. The highest BCUT2D eigenvalue weighted by molar-refractivity contribution is 6.17. The van der Waals surface area contributed by atoms with E-state index in [0.29, 0.717) is 0 Å². The Morgan fingerprint density at radius 2 is 0.906 bits per heavy atom. The molecule has 0 unspecified atom stereocenters. The molecule has 2 aromatic heterocycles. The van der Waals surface area contributed by atoms with Gasteiger partial charge in [-0.3, -0.25) is 0 Å². The normalized spacial score (nSPS) is 12.3. The number of para-hydroxylation sites is 4.